The van der Waals surface area contributed by atoms with Gasteiger partial charge in [0.25, 0.3) is 0 Å². The summed E-state index contributed by atoms with van der Waals surface area (Å²) < 4.78 is 0. The first-order chi connectivity index (χ1) is 23.4. The number of hydrogen-bond acceptors (Lipinski definition) is 10. The molecule has 0 radical (unpaired) electrons. The van der Waals surface area contributed by atoms with Crippen LogP contribution in [0.4, 0.5) is 0 Å². The predicted molar refractivity (Wildman–Crippen MR) is 175 cm³/mol. The zero-order valence-corrected chi connectivity index (χ0v) is 29.3. The Kier molecular flexibility index (Phi) is 17.7. The van der Waals surface area contributed by atoms with Gasteiger partial charge in [0.2, 0.25) is 41.2 Å². The number of nitrogens with zero attached hydrogens (tertiary/aromatic N) is 1. The van der Waals surface area contributed by atoms with E-state index in [9.17, 15) is 53.1 Å². The predicted octanol–water partition coefficient (Wildman–Crippen LogP) is -1.36. The van der Waals surface area contributed by atoms with E-state index < -0.39 is 114 Å². The maximum Gasteiger partial charge on any atom is 0.305 e. The smallest absolute Gasteiger partial charge is 0.305 e. The number of aliphatic carboxylic acids is 2. The fraction of sp³-hybridized carbons (Fsp3) is 0.688. The lowest BCUT2D eigenvalue weighted by molar-refractivity contribution is -0.144. The highest BCUT2D eigenvalue weighted by Crippen LogP contribution is 2.21. The summed E-state index contributed by atoms with van der Waals surface area (Å²) in [6.07, 6.45) is 0.146. The number of carboxylic acid groups (broad SMARTS) is 2. The summed E-state index contributed by atoms with van der Waals surface area (Å²) >= 11 is 0. The zero-order chi connectivity index (χ0) is 38.3. The van der Waals surface area contributed by atoms with E-state index in [1.165, 1.54) is 4.90 Å². The van der Waals surface area contributed by atoms with Gasteiger partial charge in [0.05, 0.1) is 18.9 Å². The van der Waals surface area contributed by atoms with Crippen LogP contribution < -0.4 is 26.6 Å². The molecule has 0 bridgehead atoms. The minimum atomic E-state index is -1.78. The normalized spacial score (nSPS) is 17.6. The molecule has 50 heavy (non-hydrogen) atoms. The lowest BCUT2D eigenvalue weighted by Gasteiger charge is -2.33. The van der Waals surface area contributed by atoms with Crippen LogP contribution in [0.25, 0.3) is 0 Å². The van der Waals surface area contributed by atoms with Crippen molar-refractivity contribution in [3.8, 4) is 0 Å². The van der Waals surface area contributed by atoms with Gasteiger partial charge in [-0.3, -0.25) is 47.9 Å². The molecule has 7 N–H and O–H groups in total. The summed E-state index contributed by atoms with van der Waals surface area (Å²) in [6.45, 7) is 9.65. The molecule has 0 aromatic carbocycles. The zero-order valence-electron chi connectivity index (χ0n) is 29.3. The molecular weight excluding hydrogens is 660 g/mol. The highest BCUT2D eigenvalue weighted by Gasteiger charge is 2.41. The first-order valence-electron chi connectivity index (χ1n) is 16.6. The van der Waals surface area contributed by atoms with E-state index in [0.29, 0.717) is 19.3 Å². The second-order valence-corrected chi connectivity index (χ2v) is 12.7. The molecule has 18 heteroatoms. The van der Waals surface area contributed by atoms with Crippen LogP contribution in [-0.2, 0) is 47.9 Å². The van der Waals surface area contributed by atoms with Crippen molar-refractivity contribution in [2.75, 3.05) is 6.54 Å². The summed E-state index contributed by atoms with van der Waals surface area (Å²) in [5.41, 5.74) is 0. The molecule has 1 saturated heterocycles. The molecule has 0 saturated carbocycles. The van der Waals surface area contributed by atoms with Crippen molar-refractivity contribution in [1.82, 2.24) is 31.5 Å². The highest BCUT2D eigenvalue weighted by molar-refractivity contribution is 6.28. The Morgan fingerprint density at radius 3 is 1.78 bits per heavy atom. The number of aldehydes is 1. The number of likely N-dealkylation sites (tertiary alicyclic amines) is 1. The van der Waals surface area contributed by atoms with Crippen LogP contribution in [0.2, 0.25) is 0 Å². The summed E-state index contributed by atoms with van der Waals surface area (Å²) in [7, 11) is 0. The minimum absolute atomic E-state index is 0.134. The van der Waals surface area contributed by atoms with Gasteiger partial charge in [-0.05, 0) is 31.1 Å². The van der Waals surface area contributed by atoms with Crippen molar-refractivity contribution in [3.05, 3.63) is 0 Å². The first kappa shape index (κ1) is 43.1. The van der Waals surface area contributed by atoms with E-state index in [1.807, 2.05) is 0 Å². The molecule has 6 amide bonds. The second-order valence-electron chi connectivity index (χ2n) is 12.7. The monoisotopic (exact) mass is 710 g/mol. The molecule has 1 fully saturated rings. The lowest BCUT2D eigenvalue weighted by atomic mass is 9.95. The van der Waals surface area contributed by atoms with Gasteiger partial charge in [0.15, 0.2) is 6.29 Å². The van der Waals surface area contributed by atoms with Crippen LogP contribution in [0.5, 0.6) is 0 Å². The molecule has 0 aromatic heterocycles. The van der Waals surface area contributed by atoms with Crippen molar-refractivity contribution in [3.63, 3.8) is 0 Å². The molecule has 7 atom stereocenters. The molecular formula is C32H50N6O12. The van der Waals surface area contributed by atoms with Gasteiger partial charge in [0, 0.05) is 13.5 Å². The maximum absolute atomic E-state index is 13.8. The quantitative estimate of drug-likeness (QED) is 0.0538. The van der Waals surface area contributed by atoms with Gasteiger partial charge in [-0.2, -0.15) is 0 Å². The number of carbonyl (C=O) groups excluding carboxylic acids is 8. The van der Waals surface area contributed by atoms with Gasteiger partial charge in [-0.1, -0.05) is 47.5 Å². The van der Waals surface area contributed by atoms with Gasteiger partial charge >= 0.3 is 11.9 Å². The summed E-state index contributed by atoms with van der Waals surface area (Å²) in [4.78, 5) is 126. The van der Waals surface area contributed by atoms with E-state index in [4.69, 9.17) is 5.11 Å². The van der Waals surface area contributed by atoms with Gasteiger partial charge in [-0.25, -0.2) is 0 Å². The molecule has 280 valence electrons. The second kappa shape index (κ2) is 20.6. The molecule has 1 aliphatic rings. The number of carboxylic acids is 2. The van der Waals surface area contributed by atoms with Crippen LogP contribution >= 0.6 is 0 Å². The number of hydrogen-bond donors (Lipinski definition) is 7. The fourth-order valence-corrected chi connectivity index (χ4v) is 5.40. The molecule has 0 aromatic rings. The van der Waals surface area contributed by atoms with Crippen LogP contribution in [0.15, 0.2) is 0 Å². The van der Waals surface area contributed by atoms with Gasteiger partial charge < -0.3 is 41.7 Å². The molecule has 0 spiro atoms. The Bertz CT molecular complexity index is 1290. The van der Waals surface area contributed by atoms with Crippen LogP contribution in [0.3, 0.4) is 0 Å². The number of ketones is 1. The third-order valence-electron chi connectivity index (χ3n) is 8.30. The van der Waals surface area contributed by atoms with Crippen molar-refractivity contribution in [2.24, 2.45) is 11.8 Å². The Morgan fingerprint density at radius 1 is 0.760 bits per heavy atom. The van der Waals surface area contributed by atoms with Crippen LogP contribution in [0, 0.1) is 11.8 Å². The average Bonchev–Trinajstić information content (AvgIpc) is 3.53. The summed E-state index contributed by atoms with van der Waals surface area (Å²) in [5.74, 6) is -9.81. The maximum atomic E-state index is 13.8. The van der Waals surface area contributed by atoms with E-state index >= 15 is 0 Å². The topological polar surface area (TPSA) is 275 Å². The Labute approximate surface area is 290 Å². The van der Waals surface area contributed by atoms with E-state index in [2.05, 4.69) is 26.6 Å². The molecule has 18 nitrogen and oxygen atoms in total. The van der Waals surface area contributed by atoms with Crippen molar-refractivity contribution in [2.45, 2.75) is 123 Å². The number of carbonyl (C=O) groups is 10. The standard InChI is InChI=1S/C32H50N6O12/c1-7-10-19(23(41)15-39)34-30(48)22-11-9-12-38(22)32(50)26(16(3)4)36-31(49)27(17(5)8-2)37-29(47)21(14-25(44)45)35-28(46)20(13-24(42)43)33-18(6)40/h15-17,19-22,26-27H,7-14H2,1-6H3,(H,33,40)(H,34,48)(H,35,46)(H,36,49)(H,37,47)(H,42,43)(H,44,45)/t17-,19-,20-,21+,22-,26-,27-/m0/s1. The van der Waals surface area contributed by atoms with E-state index in [0.717, 1.165) is 6.92 Å². The summed E-state index contributed by atoms with van der Waals surface area (Å²) in [6, 6.07) is -7.91. The Hall–Kier alpha value is -4.90. The lowest BCUT2D eigenvalue weighted by Crippen LogP contribution is -2.61. The van der Waals surface area contributed by atoms with Crippen LogP contribution in [0.1, 0.15) is 86.5 Å². The van der Waals surface area contributed by atoms with Crippen molar-refractivity contribution < 1.29 is 58.2 Å². The highest BCUT2D eigenvalue weighted by atomic mass is 16.4. The van der Waals surface area contributed by atoms with Crippen molar-refractivity contribution >= 4 is 59.5 Å². The van der Waals surface area contributed by atoms with Gasteiger partial charge in [-0.15, -0.1) is 0 Å². The molecule has 1 rings (SSSR count). The summed E-state index contributed by atoms with van der Waals surface area (Å²) in [5, 5.41) is 30.5. The molecule has 1 heterocycles. The molecule has 0 aliphatic carbocycles. The molecule has 1 aliphatic heterocycles. The average molecular weight is 711 g/mol. The first-order valence-corrected chi connectivity index (χ1v) is 16.6. The SMILES string of the molecule is CCC[C@H](NC(=O)[C@@H]1CCCN1C(=O)[C@@H](NC(=O)[C@@H](NC(=O)[C@@H](CC(=O)O)NC(=O)[C@H](CC(=O)O)NC(C)=O)[C@@H](C)CC)C(C)C)C(=O)C=O. The number of nitrogens with one attached hydrogen (secondary N) is 5. The Balaban J connectivity index is 3.25. The largest absolute Gasteiger partial charge is 0.481 e. The third kappa shape index (κ3) is 13.2. The number of amides is 6. The number of Topliss-reactive ketones (excluding diaryl/α,β-unsaturated/α-hetero) is 1. The Morgan fingerprint density at radius 2 is 1.30 bits per heavy atom. The van der Waals surface area contributed by atoms with E-state index in [-0.39, 0.29) is 25.7 Å². The van der Waals surface area contributed by atoms with Crippen molar-refractivity contribution in [1.29, 1.82) is 0 Å². The van der Waals surface area contributed by atoms with Gasteiger partial charge in [0.1, 0.15) is 30.2 Å². The number of rotatable bonds is 21. The van der Waals surface area contributed by atoms with Crippen LogP contribution in [-0.4, -0.2) is 117 Å². The third-order valence-corrected chi connectivity index (χ3v) is 8.30. The molecule has 0 unspecified atom stereocenters. The minimum Gasteiger partial charge on any atom is -0.481 e. The van der Waals surface area contributed by atoms with E-state index in [1.54, 1.807) is 34.6 Å². The fourth-order valence-electron chi connectivity index (χ4n) is 5.40.